The Morgan fingerprint density at radius 3 is 2.76 bits per heavy atom. The van der Waals surface area contributed by atoms with Crippen LogP contribution in [0.2, 0.25) is 0 Å². The number of rotatable bonds is 4. The zero-order valence-electron chi connectivity index (χ0n) is 10.9. The smallest absolute Gasteiger partial charge is 0.126 e. The highest BCUT2D eigenvalue weighted by Crippen LogP contribution is 2.38. The minimum Gasteiger partial charge on any atom is -0.497 e. The van der Waals surface area contributed by atoms with E-state index in [0.717, 1.165) is 24.6 Å². The topological polar surface area (TPSA) is 30.5 Å². The van der Waals surface area contributed by atoms with Crippen LogP contribution in [0.4, 0.5) is 0 Å². The van der Waals surface area contributed by atoms with Crippen molar-refractivity contribution in [2.75, 3.05) is 20.8 Å². The van der Waals surface area contributed by atoms with Crippen LogP contribution in [0.1, 0.15) is 36.8 Å². The molecule has 94 valence electrons. The Labute approximate surface area is 103 Å². The molecule has 3 heteroatoms. The molecule has 1 aliphatic heterocycles. The third kappa shape index (κ3) is 2.39. The summed E-state index contributed by atoms with van der Waals surface area (Å²) in [4.78, 5) is 0. The summed E-state index contributed by atoms with van der Waals surface area (Å²) >= 11 is 0. The third-order valence-corrected chi connectivity index (χ3v) is 3.41. The largest absolute Gasteiger partial charge is 0.497 e. The molecule has 0 bridgehead atoms. The quantitative estimate of drug-likeness (QED) is 0.870. The number of benzene rings is 1. The zero-order valence-corrected chi connectivity index (χ0v) is 10.9. The van der Waals surface area contributed by atoms with Crippen molar-refractivity contribution in [2.45, 2.75) is 32.2 Å². The first kappa shape index (κ1) is 12.2. The molecule has 1 aromatic carbocycles. The van der Waals surface area contributed by atoms with Crippen LogP contribution in [0.25, 0.3) is 0 Å². The summed E-state index contributed by atoms with van der Waals surface area (Å²) in [6.07, 6.45) is 2.39. The first-order chi connectivity index (χ1) is 8.30. The molecule has 1 aliphatic rings. The van der Waals surface area contributed by atoms with Crippen LogP contribution in [0.15, 0.2) is 12.1 Å². The predicted molar refractivity (Wildman–Crippen MR) is 68.9 cm³/mol. The third-order valence-electron chi connectivity index (χ3n) is 3.41. The molecule has 17 heavy (non-hydrogen) atoms. The Morgan fingerprint density at radius 2 is 2.12 bits per heavy atom. The van der Waals surface area contributed by atoms with Gasteiger partial charge in [-0.3, -0.25) is 0 Å². The highest BCUT2D eigenvalue weighted by atomic mass is 16.5. The van der Waals surface area contributed by atoms with Crippen molar-refractivity contribution in [3.8, 4) is 11.5 Å². The van der Waals surface area contributed by atoms with Crippen molar-refractivity contribution >= 4 is 0 Å². The van der Waals surface area contributed by atoms with Crippen molar-refractivity contribution in [2.24, 2.45) is 0 Å². The first-order valence-corrected chi connectivity index (χ1v) is 6.25. The Morgan fingerprint density at radius 1 is 1.29 bits per heavy atom. The monoisotopic (exact) mass is 235 g/mol. The van der Waals surface area contributed by atoms with E-state index < -0.39 is 0 Å². The van der Waals surface area contributed by atoms with E-state index in [-0.39, 0.29) is 0 Å². The molecule has 1 aromatic rings. The fourth-order valence-corrected chi connectivity index (χ4v) is 2.63. The van der Waals surface area contributed by atoms with Gasteiger partial charge < -0.3 is 14.8 Å². The van der Waals surface area contributed by atoms with Gasteiger partial charge in [0.2, 0.25) is 0 Å². The van der Waals surface area contributed by atoms with Crippen LogP contribution in [-0.2, 0) is 6.54 Å². The van der Waals surface area contributed by atoms with Crippen molar-refractivity contribution in [1.29, 1.82) is 0 Å². The van der Waals surface area contributed by atoms with Crippen LogP contribution < -0.4 is 14.8 Å². The normalized spacial score (nSPS) is 18.6. The highest BCUT2D eigenvalue weighted by Gasteiger charge is 2.24. The Kier molecular flexibility index (Phi) is 3.89. The fraction of sp³-hybridized carbons (Fsp3) is 0.571. The molecule has 3 nitrogen and oxygen atoms in total. The van der Waals surface area contributed by atoms with E-state index in [2.05, 4.69) is 18.3 Å². The lowest BCUT2D eigenvalue weighted by molar-refractivity contribution is 0.378. The molecule has 1 atom stereocenters. The molecule has 0 amide bonds. The van der Waals surface area contributed by atoms with E-state index in [9.17, 15) is 0 Å². The highest BCUT2D eigenvalue weighted by molar-refractivity contribution is 5.49. The molecular weight excluding hydrogens is 214 g/mol. The van der Waals surface area contributed by atoms with Gasteiger partial charge in [0.05, 0.1) is 14.2 Å². The lowest BCUT2D eigenvalue weighted by Gasteiger charge is -2.28. The van der Waals surface area contributed by atoms with Gasteiger partial charge in [-0.25, -0.2) is 0 Å². The number of nitrogens with one attached hydrogen (secondary N) is 1. The molecule has 1 unspecified atom stereocenters. The zero-order chi connectivity index (χ0) is 12.3. The maximum absolute atomic E-state index is 5.52. The van der Waals surface area contributed by atoms with Gasteiger partial charge in [0.1, 0.15) is 11.5 Å². The summed E-state index contributed by atoms with van der Waals surface area (Å²) < 4.78 is 10.8. The van der Waals surface area contributed by atoms with E-state index in [1.165, 1.54) is 24.0 Å². The van der Waals surface area contributed by atoms with Crippen LogP contribution in [-0.4, -0.2) is 20.8 Å². The van der Waals surface area contributed by atoms with Crippen molar-refractivity contribution < 1.29 is 9.47 Å². The molecule has 1 N–H and O–H groups in total. The molecule has 1 heterocycles. The second kappa shape index (κ2) is 5.41. The van der Waals surface area contributed by atoms with Crippen molar-refractivity contribution in [3.05, 3.63) is 23.3 Å². The molecule has 0 saturated carbocycles. The lowest BCUT2D eigenvalue weighted by Crippen LogP contribution is -2.28. The van der Waals surface area contributed by atoms with E-state index >= 15 is 0 Å². The van der Waals surface area contributed by atoms with Gasteiger partial charge in [0.25, 0.3) is 0 Å². The van der Waals surface area contributed by atoms with Gasteiger partial charge >= 0.3 is 0 Å². The molecule has 0 radical (unpaired) electrons. The van der Waals surface area contributed by atoms with E-state index in [1.807, 2.05) is 6.07 Å². The second-order valence-electron chi connectivity index (χ2n) is 4.52. The summed E-state index contributed by atoms with van der Waals surface area (Å²) in [5.74, 6) is 2.41. The average Bonchev–Trinajstić information content (AvgIpc) is 2.38. The number of methoxy groups -OCH3 is 2. The average molecular weight is 235 g/mol. The summed E-state index contributed by atoms with van der Waals surface area (Å²) in [6, 6.07) is 4.11. The summed E-state index contributed by atoms with van der Waals surface area (Å²) in [5.41, 5.74) is 2.68. The maximum Gasteiger partial charge on any atom is 0.126 e. The number of ether oxygens (including phenoxy) is 2. The van der Waals surface area contributed by atoms with E-state index in [4.69, 9.17) is 9.47 Å². The minimum atomic E-state index is 0.560. The minimum absolute atomic E-state index is 0.560. The molecule has 0 aliphatic carbocycles. The fourth-order valence-electron chi connectivity index (χ4n) is 2.63. The molecule has 0 fully saturated rings. The Hall–Kier alpha value is -1.22. The Balaban J connectivity index is 2.44. The SMILES string of the molecule is CCCC1CNCc2cc(OC)cc(OC)c21. The van der Waals surface area contributed by atoms with Crippen LogP contribution in [0.5, 0.6) is 11.5 Å². The molecule has 0 aromatic heterocycles. The number of hydrogen-bond acceptors (Lipinski definition) is 3. The number of hydrogen-bond donors (Lipinski definition) is 1. The van der Waals surface area contributed by atoms with Crippen LogP contribution >= 0.6 is 0 Å². The number of fused-ring (bicyclic) bond motifs is 1. The van der Waals surface area contributed by atoms with Gasteiger partial charge in [-0.1, -0.05) is 13.3 Å². The van der Waals surface area contributed by atoms with Crippen molar-refractivity contribution in [3.63, 3.8) is 0 Å². The van der Waals surface area contributed by atoms with Gasteiger partial charge in [-0.15, -0.1) is 0 Å². The van der Waals surface area contributed by atoms with E-state index in [0.29, 0.717) is 5.92 Å². The Bertz CT molecular complexity index is 373. The second-order valence-corrected chi connectivity index (χ2v) is 4.52. The standard InChI is InChI=1S/C14H21NO2/c1-4-5-10-8-15-9-11-6-12(16-2)7-13(17-3)14(10)11/h6-7,10,15H,4-5,8-9H2,1-3H3. The lowest BCUT2D eigenvalue weighted by atomic mass is 9.87. The van der Waals surface area contributed by atoms with Crippen LogP contribution in [0, 0.1) is 0 Å². The molecule has 0 saturated heterocycles. The van der Waals surface area contributed by atoms with Crippen molar-refractivity contribution in [1.82, 2.24) is 5.32 Å². The molecular formula is C14H21NO2. The maximum atomic E-state index is 5.52. The summed E-state index contributed by atoms with van der Waals surface area (Å²) in [6.45, 7) is 4.18. The molecule has 2 rings (SSSR count). The van der Waals surface area contributed by atoms with Gasteiger partial charge in [0, 0.05) is 30.6 Å². The summed E-state index contributed by atoms with van der Waals surface area (Å²) in [7, 11) is 3.43. The van der Waals surface area contributed by atoms with Crippen LogP contribution in [0.3, 0.4) is 0 Å². The first-order valence-electron chi connectivity index (χ1n) is 6.25. The summed E-state index contributed by atoms with van der Waals surface area (Å²) in [5, 5.41) is 3.47. The van der Waals surface area contributed by atoms with Gasteiger partial charge in [-0.05, 0) is 18.1 Å². The molecule has 0 spiro atoms. The van der Waals surface area contributed by atoms with Gasteiger partial charge in [0.15, 0.2) is 0 Å². The predicted octanol–water partition coefficient (Wildman–Crippen LogP) is 2.69. The van der Waals surface area contributed by atoms with E-state index in [1.54, 1.807) is 14.2 Å². The van der Waals surface area contributed by atoms with Gasteiger partial charge in [-0.2, -0.15) is 0 Å².